The maximum Gasteiger partial charge on any atom is 0.335 e. The van der Waals surface area contributed by atoms with Crippen LogP contribution in [0, 0.1) is 6.92 Å². The van der Waals surface area contributed by atoms with Gasteiger partial charge in [-0.2, -0.15) is 0 Å². The van der Waals surface area contributed by atoms with Crippen LogP contribution in [0.5, 0.6) is 11.5 Å². The van der Waals surface area contributed by atoms with Crippen LogP contribution in [0.15, 0.2) is 42.5 Å². The van der Waals surface area contributed by atoms with Gasteiger partial charge in [0.15, 0.2) is 11.5 Å². The molecule has 0 aliphatic rings. The quantitative estimate of drug-likeness (QED) is 0.880. The molecule has 4 heteroatoms. The Morgan fingerprint density at radius 2 is 1.76 bits per heavy atom. The normalized spacial score (nSPS) is 10.2. The molecule has 4 nitrogen and oxygen atoms in total. The van der Waals surface area contributed by atoms with Crippen molar-refractivity contribution < 1.29 is 19.4 Å². The first-order chi connectivity index (χ1) is 10.1. The van der Waals surface area contributed by atoms with Gasteiger partial charge >= 0.3 is 5.97 Å². The van der Waals surface area contributed by atoms with Gasteiger partial charge in [-0.05, 0) is 49.2 Å². The highest BCUT2D eigenvalue weighted by Crippen LogP contribution is 2.27. The number of aromatic carboxylic acids is 1. The molecule has 0 aromatic heterocycles. The van der Waals surface area contributed by atoms with Crippen LogP contribution in [0.2, 0.25) is 0 Å². The third kappa shape index (κ3) is 3.75. The number of benzene rings is 2. The molecule has 2 aromatic rings. The third-order valence-corrected chi connectivity index (χ3v) is 3.12. The third-order valence-electron chi connectivity index (χ3n) is 3.12. The molecule has 0 saturated carbocycles. The van der Waals surface area contributed by atoms with E-state index in [4.69, 9.17) is 14.6 Å². The molecule has 0 saturated heterocycles. The van der Waals surface area contributed by atoms with E-state index in [1.807, 2.05) is 38.1 Å². The monoisotopic (exact) mass is 286 g/mol. The van der Waals surface area contributed by atoms with Crippen molar-refractivity contribution in [3.63, 3.8) is 0 Å². The van der Waals surface area contributed by atoms with Crippen LogP contribution in [-0.2, 0) is 6.61 Å². The van der Waals surface area contributed by atoms with Gasteiger partial charge in [0.2, 0.25) is 0 Å². The molecular formula is C17H18O4. The van der Waals surface area contributed by atoms with E-state index in [0.29, 0.717) is 24.7 Å². The van der Waals surface area contributed by atoms with Gasteiger partial charge in [-0.25, -0.2) is 4.79 Å². The van der Waals surface area contributed by atoms with Crippen molar-refractivity contribution in [2.24, 2.45) is 0 Å². The minimum Gasteiger partial charge on any atom is -0.490 e. The Labute approximate surface area is 123 Å². The summed E-state index contributed by atoms with van der Waals surface area (Å²) in [6, 6.07) is 12.5. The van der Waals surface area contributed by atoms with E-state index in [2.05, 4.69) is 0 Å². The molecule has 2 rings (SSSR count). The van der Waals surface area contributed by atoms with Gasteiger partial charge in [0.25, 0.3) is 0 Å². The van der Waals surface area contributed by atoms with Gasteiger partial charge in [-0.3, -0.25) is 0 Å². The van der Waals surface area contributed by atoms with E-state index in [1.54, 1.807) is 18.2 Å². The van der Waals surface area contributed by atoms with Crippen molar-refractivity contribution in [2.75, 3.05) is 6.61 Å². The average molecular weight is 286 g/mol. The minimum atomic E-state index is -0.924. The number of carbonyl (C=O) groups is 1. The second-order valence-corrected chi connectivity index (χ2v) is 4.61. The molecular weight excluding hydrogens is 268 g/mol. The maximum atomic E-state index is 10.9. The first-order valence-corrected chi connectivity index (χ1v) is 6.79. The summed E-state index contributed by atoms with van der Waals surface area (Å²) in [5, 5.41) is 8.96. The topological polar surface area (TPSA) is 55.8 Å². The van der Waals surface area contributed by atoms with Crippen molar-refractivity contribution in [1.82, 2.24) is 0 Å². The molecule has 110 valence electrons. The van der Waals surface area contributed by atoms with E-state index in [0.717, 1.165) is 11.1 Å². The van der Waals surface area contributed by atoms with Gasteiger partial charge in [-0.1, -0.05) is 18.2 Å². The molecule has 0 aliphatic carbocycles. The Balaban J connectivity index is 2.11. The van der Waals surface area contributed by atoms with Gasteiger partial charge in [-0.15, -0.1) is 0 Å². The lowest BCUT2D eigenvalue weighted by atomic mass is 10.1. The molecule has 0 radical (unpaired) electrons. The van der Waals surface area contributed by atoms with Crippen molar-refractivity contribution in [2.45, 2.75) is 20.5 Å². The first kappa shape index (κ1) is 14.9. The zero-order chi connectivity index (χ0) is 15.2. The Morgan fingerprint density at radius 3 is 2.33 bits per heavy atom. The molecule has 0 bridgehead atoms. The van der Waals surface area contributed by atoms with Crippen LogP contribution >= 0.6 is 0 Å². The summed E-state index contributed by atoms with van der Waals surface area (Å²) in [4.78, 5) is 10.9. The van der Waals surface area contributed by atoms with Gasteiger partial charge in [0.05, 0.1) is 12.2 Å². The predicted molar refractivity (Wildman–Crippen MR) is 80.1 cm³/mol. The lowest BCUT2D eigenvalue weighted by Crippen LogP contribution is -2.03. The van der Waals surface area contributed by atoms with Crippen LogP contribution in [-0.4, -0.2) is 17.7 Å². The molecule has 1 N–H and O–H groups in total. The summed E-state index contributed by atoms with van der Waals surface area (Å²) < 4.78 is 11.3. The summed E-state index contributed by atoms with van der Waals surface area (Å²) >= 11 is 0. The number of hydrogen-bond acceptors (Lipinski definition) is 3. The zero-order valence-electron chi connectivity index (χ0n) is 12.1. The van der Waals surface area contributed by atoms with Crippen LogP contribution in [0.1, 0.15) is 28.4 Å². The number of carboxylic acids is 1. The summed E-state index contributed by atoms with van der Waals surface area (Å²) in [6.07, 6.45) is 0. The largest absolute Gasteiger partial charge is 0.490 e. The summed E-state index contributed by atoms with van der Waals surface area (Å²) in [6.45, 7) is 4.74. The van der Waals surface area contributed by atoms with E-state index in [9.17, 15) is 4.79 Å². The standard InChI is InChI=1S/C17H18O4/c1-3-20-15-6-4-5-7-16(15)21-11-14-9-8-13(17(18)19)10-12(14)2/h4-10H,3,11H2,1-2H3,(H,18,19). The second kappa shape index (κ2) is 6.79. The molecule has 0 heterocycles. The van der Waals surface area contributed by atoms with Crippen molar-refractivity contribution in [3.8, 4) is 11.5 Å². The van der Waals surface area contributed by atoms with Gasteiger partial charge in [0, 0.05) is 0 Å². The van der Waals surface area contributed by atoms with Gasteiger partial charge in [0.1, 0.15) is 6.61 Å². The number of aryl methyl sites for hydroxylation is 1. The SMILES string of the molecule is CCOc1ccccc1OCc1ccc(C(=O)O)cc1C. The lowest BCUT2D eigenvalue weighted by Gasteiger charge is -2.13. The highest BCUT2D eigenvalue weighted by Gasteiger charge is 2.08. The number of hydrogen-bond donors (Lipinski definition) is 1. The summed E-state index contributed by atoms with van der Waals surface area (Å²) in [5.41, 5.74) is 2.13. The molecule has 0 aliphatic heterocycles. The average Bonchev–Trinajstić information content (AvgIpc) is 2.47. The fourth-order valence-electron chi connectivity index (χ4n) is 1.99. The summed E-state index contributed by atoms with van der Waals surface area (Å²) in [7, 11) is 0. The zero-order valence-corrected chi connectivity index (χ0v) is 12.1. The number of ether oxygens (including phenoxy) is 2. The smallest absolute Gasteiger partial charge is 0.335 e. The second-order valence-electron chi connectivity index (χ2n) is 4.61. The maximum absolute atomic E-state index is 10.9. The van der Waals surface area contributed by atoms with E-state index in [1.165, 1.54) is 0 Å². The van der Waals surface area contributed by atoms with Crippen molar-refractivity contribution >= 4 is 5.97 Å². The first-order valence-electron chi connectivity index (χ1n) is 6.79. The number of rotatable bonds is 6. The summed E-state index contributed by atoms with van der Waals surface area (Å²) in [5.74, 6) is 0.466. The Morgan fingerprint density at radius 1 is 1.10 bits per heavy atom. The molecule has 0 spiro atoms. The van der Waals surface area contributed by atoms with Crippen molar-refractivity contribution in [1.29, 1.82) is 0 Å². The Hall–Kier alpha value is -2.49. The van der Waals surface area contributed by atoms with Gasteiger partial charge < -0.3 is 14.6 Å². The van der Waals surface area contributed by atoms with Crippen LogP contribution in [0.3, 0.4) is 0 Å². The fourth-order valence-corrected chi connectivity index (χ4v) is 1.99. The Bertz CT molecular complexity index is 634. The number of para-hydroxylation sites is 2. The highest BCUT2D eigenvalue weighted by atomic mass is 16.5. The molecule has 0 atom stereocenters. The van der Waals surface area contributed by atoms with E-state index in [-0.39, 0.29) is 5.56 Å². The van der Waals surface area contributed by atoms with Crippen LogP contribution < -0.4 is 9.47 Å². The van der Waals surface area contributed by atoms with E-state index < -0.39 is 5.97 Å². The number of carboxylic acid groups (broad SMARTS) is 1. The highest BCUT2D eigenvalue weighted by molar-refractivity contribution is 5.87. The van der Waals surface area contributed by atoms with Crippen molar-refractivity contribution in [3.05, 3.63) is 59.2 Å². The molecule has 0 fully saturated rings. The minimum absolute atomic E-state index is 0.283. The molecule has 21 heavy (non-hydrogen) atoms. The lowest BCUT2D eigenvalue weighted by molar-refractivity contribution is 0.0696. The van der Waals surface area contributed by atoms with Crippen LogP contribution in [0.25, 0.3) is 0 Å². The fraction of sp³-hybridized carbons (Fsp3) is 0.235. The molecule has 0 amide bonds. The molecule has 0 unspecified atom stereocenters. The van der Waals surface area contributed by atoms with Crippen LogP contribution in [0.4, 0.5) is 0 Å². The predicted octanol–water partition coefficient (Wildman–Crippen LogP) is 3.67. The van der Waals surface area contributed by atoms with E-state index >= 15 is 0 Å². The Kier molecular flexibility index (Phi) is 4.82. The molecule has 2 aromatic carbocycles.